The van der Waals surface area contributed by atoms with Gasteiger partial charge in [-0.1, -0.05) is 17.9 Å². The lowest BCUT2D eigenvalue weighted by molar-refractivity contribution is 0.0595. The van der Waals surface area contributed by atoms with Crippen LogP contribution < -0.4 is 5.73 Å². The molecule has 86 valence electrons. The first-order chi connectivity index (χ1) is 8.24. The van der Waals surface area contributed by atoms with Crippen LogP contribution in [-0.2, 0) is 4.74 Å². The second-order valence-corrected chi connectivity index (χ2v) is 3.48. The molecule has 0 atom stereocenters. The van der Waals surface area contributed by atoms with E-state index >= 15 is 0 Å². The van der Waals surface area contributed by atoms with E-state index in [0.29, 0.717) is 12.2 Å². The molecule has 0 aliphatic carbocycles. The molecular weight excluding hydrogens is 216 g/mol. The molecule has 0 amide bonds. The Morgan fingerprint density at radius 3 is 3.00 bits per heavy atom. The molecule has 4 heteroatoms. The van der Waals surface area contributed by atoms with Crippen molar-refractivity contribution in [3.8, 4) is 11.8 Å². The van der Waals surface area contributed by atoms with Gasteiger partial charge in [0.2, 0.25) is 0 Å². The molecule has 1 aromatic heterocycles. The Labute approximate surface area is 98.8 Å². The summed E-state index contributed by atoms with van der Waals surface area (Å²) in [5.74, 6) is 5.34. The van der Waals surface area contributed by atoms with Gasteiger partial charge in [-0.3, -0.25) is 0 Å². The van der Waals surface area contributed by atoms with Crippen molar-refractivity contribution in [2.75, 3.05) is 13.7 Å². The van der Waals surface area contributed by atoms with Crippen molar-refractivity contribution in [1.29, 1.82) is 0 Å². The van der Waals surface area contributed by atoms with Crippen LogP contribution in [0.2, 0.25) is 0 Å². The van der Waals surface area contributed by atoms with Gasteiger partial charge in [0.25, 0.3) is 0 Å². The second-order valence-electron chi connectivity index (χ2n) is 3.48. The number of hydrogen-bond acceptors (Lipinski definition) is 3. The van der Waals surface area contributed by atoms with Crippen LogP contribution in [0.5, 0.6) is 0 Å². The number of H-pyrrole nitrogens is 1. The van der Waals surface area contributed by atoms with E-state index in [-0.39, 0.29) is 5.97 Å². The maximum absolute atomic E-state index is 11.3. The van der Waals surface area contributed by atoms with E-state index in [1.165, 1.54) is 7.11 Å². The smallest absolute Gasteiger partial charge is 0.354 e. The molecule has 1 heterocycles. The van der Waals surface area contributed by atoms with Crippen molar-refractivity contribution < 1.29 is 9.53 Å². The predicted molar refractivity (Wildman–Crippen MR) is 65.6 cm³/mol. The van der Waals surface area contributed by atoms with Gasteiger partial charge in [0.1, 0.15) is 5.69 Å². The van der Waals surface area contributed by atoms with E-state index in [2.05, 4.69) is 21.6 Å². The van der Waals surface area contributed by atoms with E-state index in [1.54, 1.807) is 6.07 Å². The third-order valence-electron chi connectivity index (χ3n) is 2.36. The standard InChI is InChI=1S/C13H12N2O2/c1-17-13(16)12-8-10-5-4-9(3-2-6-14)7-11(10)15-12/h4-5,7-8,15H,6,14H2,1H3. The number of aromatic amines is 1. The zero-order valence-corrected chi connectivity index (χ0v) is 9.41. The lowest BCUT2D eigenvalue weighted by atomic mass is 10.1. The summed E-state index contributed by atoms with van der Waals surface area (Å²) in [5.41, 5.74) is 7.46. The molecule has 4 nitrogen and oxygen atoms in total. The van der Waals surface area contributed by atoms with Crippen LogP contribution in [0.15, 0.2) is 24.3 Å². The second kappa shape index (κ2) is 4.73. The van der Waals surface area contributed by atoms with Crippen LogP contribution >= 0.6 is 0 Å². The molecule has 17 heavy (non-hydrogen) atoms. The quantitative estimate of drug-likeness (QED) is 0.570. The zero-order chi connectivity index (χ0) is 12.3. The fourth-order valence-corrected chi connectivity index (χ4v) is 1.58. The Hall–Kier alpha value is -2.25. The first-order valence-corrected chi connectivity index (χ1v) is 5.14. The molecule has 0 spiro atoms. The van der Waals surface area contributed by atoms with Crippen LogP contribution in [0.3, 0.4) is 0 Å². The van der Waals surface area contributed by atoms with Crippen molar-refractivity contribution in [2.24, 2.45) is 5.73 Å². The summed E-state index contributed by atoms with van der Waals surface area (Å²) in [4.78, 5) is 14.3. The summed E-state index contributed by atoms with van der Waals surface area (Å²) >= 11 is 0. The average molecular weight is 228 g/mol. The number of nitrogens with two attached hydrogens (primary N) is 1. The number of nitrogens with one attached hydrogen (secondary N) is 1. The SMILES string of the molecule is COC(=O)c1cc2ccc(C#CCN)cc2[nH]1. The maximum Gasteiger partial charge on any atom is 0.354 e. The summed E-state index contributed by atoms with van der Waals surface area (Å²) in [5, 5.41) is 0.948. The number of methoxy groups -OCH3 is 1. The molecule has 2 aromatic rings. The van der Waals surface area contributed by atoms with Crippen molar-refractivity contribution in [3.05, 3.63) is 35.5 Å². The minimum Gasteiger partial charge on any atom is -0.464 e. The minimum absolute atomic E-state index is 0.330. The Morgan fingerprint density at radius 1 is 1.47 bits per heavy atom. The lowest BCUT2D eigenvalue weighted by Gasteiger charge is -1.92. The third kappa shape index (κ3) is 2.30. The summed E-state index contributed by atoms with van der Waals surface area (Å²) in [6.45, 7) is 0.330. The number of benzene rings is 1. The van der Waals surface area contributed by atoms with Gasteiger partial charge in [0.05, 0.1) is 13.7 Å². The maximum atomic E-state index is 11.3. The number of aromatic nitrogens is 1. The molecule has 2 rings (SSSR count). The Kier molecular flexibility index (Phi) is 3.12. The van der Waals surface area contributed by atoms with Crippen LogP contribution in [0.1, 0.15) is 16.1 Å². The van der Waals surface area contributed by atoms with E-state index < -0.39 is 0 Å². The number of hydrogen-bond donors (Lipinski definition) is 2. The zero-order valence-electron chi connectivity index (χ0n) is 9.41. The predicted octanol–water partition coefficient (Wildman–Crippen LogP) is 1.26. The largest absolute Gasteiger partial charge is 0.464 e. The number of carbonyl (C=O) groups excluding carboxylic acids is 1. The number of carbonyl (C=O) groups is 1. The third-order valence-corrected chi connectivity index (χ3v) is 2.36. The minimum atomic E-state index is -0.379. The van der Waals surface area contributed by atoms with Crippen molar-refractivity contribution in [3.63, 3.8) is 0 Å². The van der Waals surface area contributed by atoms with E-state index in [4.69, 9.17) is 5.73 Å². The molecular formula is C13H12N2O2. The van der Waals surface area contributed by atoms with Gasteiger partial charge in [0, 0.05) is 16.5 Å². The van der Waals surface area contributed by atoms with Crippen LogP contribution in [-0.4, -0.2) is 24.6 Å². The van der Waals surface area contributed by atoms with Gasteiger partial charge in [0.15, 0.2) is 0 Å². The highest BCUT2D eigenvalue weighted by Crippen LogP contribution is 2.17. The van der Waals surface area contributed by atoms with Crippen molar-refractivity contribution in [1.82, 2.24) is 4.98 Å². The number of rotatable bonds is 1. The van der Waals surface area contributed by atoms with Crippen LogP contribution in [0.25, 0.3) is 10.9 Å². The highest BCUT2D eigenvalue weighted by atomic mass is 16.5. The molecule has 0 aliphatic heterocycles. The highest BCUT2D eigenvalue weighted by molar-refractivity contribution is 5.95. The molecule has 0 fully saturated rings. The fraction of sp³-hybridized carbons (Fsp3) is 0.154. The van der Waals surface area contributed by atoms with Gasteiger partial charge in [-0.2, -0.15) is 0 Å². The summed E-state index contributed by atoms with van der Waals surface area (Å²) in [6.07, 6.45) is 0. The first kappa shape index (κ1) is 11.2. The van der Waals surface area contributed by atoms with Gasteiger partial charge < -0.3 is 15.5 Å². The molecule has 0 radical (unpaired) electrons. The first-order valence-electron chi connectivity index (χ1n) is 5.14. The molecule has 0 bridgehead atoms. The van der Waals surface area contributed by atoms with Crippen molar-refractivity contribution in [2.45, 2.75) is 0 Å². The number of esters is 1. The van der Waals surface area contributed by atoms with Crippen LogP contribution in [0, 0.1) is 11.8 Å². The molecule has 0 saturated carbocycles. The molecule has 0 aliphatic rings. The average Bonchev–Trinajstić information content (AvgIpc) is 2.78. The normalized spacial score (nSPS) is 9.76. The molecule has 0 unspecified atom stereocenters. The highest BCUT2D eigenvalue weighted by Gasteiger charge is 2.08. The van der Waals surface area contributed by atoms with E-state index in [1.807, 2.05) is 18.2 Å². The Bertz CT molecular complexity index is 617. The topological polar surface area (TPSA) is 68.1 Å². The van der Waals surface area contributed by atoms with Crippen molar-refractivity contribution >= 4 is 16.9 Å². The van der Waals surface area contributed by atoms with Crippen LogP contribution in [0.4, 0.5) is 0 Å². The van der Waals surface area contributed by atoms with E-state index in [0.717, 1.165) is 16.5 Å². The summed E-state index contributed by atoms with van der Waals surface area (Å²) in [7, 11) is 1.35. The molecule has 3 N–H and O–H groups in total. The number of ether oxygens (including phenoxy) is 1. The summed E-state index contributed by atoms with van der Waals surface area (Å²) in [6, 6.07) is 7.42. The molecule has 1 aromatic carbocycles. The Balaban J connectivity index is 2.44. The van der Waals surface area contributed by atoms with Gasteiger partial charge in [-0.15, -0.1) is 0 Å². The lowest BCUT2D eigenvalue weighted by Crippen LogP contribution is -2.00. The van der Waals surface area contributed by atoms with E-state index in [9.17, 15) is 4.79 Å². The van der Waals surface area contributed by atoms with Gasteiger partial charge >= 0.3 is 5.97 Å². The molecule has 0 saturated heterocycles. The number of fused-ring (bicyclic) bond motifs is 1. The monoisotopic (exact) mass is 228 g/mol. The van der Waals surface area contributed by atoms with Gasteiger partial charge in [-0.05, 0) is 18.2 Å². The Morgan fingerprint density at radius 2 is 2.29 bits per heavy atom. The van der Waals surface area contributed by atoms with Gasteiger partial charge in [-0.25, -0.2) is 4.79 Å². The fourth-order valence-electron chi connectivity index (χ4n) is 1.58. The summed E-state index contributed by atoms with van der Waals surface area (Å²) < 4.78 is 4.65.